The van der Waals surface area contributed by atoms with Crippen molar-refractivity contribution in [2.75, 3.05) is 13.2 Å². The van der Waals surface area contributed by atoms with Crippen LogP contribution in [0.3, 0.4) is 0 Å². The maximum Gasteiger partial charge on any atom is 0.338 e. The second-order valence-corrected chi connectivity index (χ2v) is 15.1. The van der Waals surface area contributed by atoms with Crippen molar-refractivity contribution in [2.45, 2.75) is 63.1 Å². The Balaban J connectivity index is 1.24. The van der Waals surface area contributed by atoms with Crippen LogP contribution in [0.15, 0.2) is 152 Å². The zero-order valence-electron chi connectivity index (χ0n) is 34.4. The van der Waals surface area contributed by atoms with Gasteiger partial charge >= 0.3 is 29.8 Å². The smallest absolute Gasteiger partial charge is 0.338 e. The van der Waals surface area contributed by atoms with E-state index in [1.54, 1.807) is 166 Å². The number of hydrogen-bond acceptors (Lipinski definition) is 14. The van der Waals surface area contributed by atoms with Gasteiger partial charge in [-0.3, -0.25) is 0 Å². The van der Waals surface area contributed by atoms with E-state index in [0.29, 0.717) is 0 Å². The molecule has 10 unspecified atom stereocenters. The van der Waals surface area contributed by atoms with Gasteiger partial charge in [0.1, 0.15) is 43.7 Å². The van der Waals surface area contributed by atoms with Crippen LogP contribution >= 0.6 is 0 Å². The van der Waals surface area contributed by atoms with Gasteiger partial charge in [-0.1, -0.05) is 105 Å². The monoisotopic (exact) mass is 858 g/mol. The minimum Gasteiger partial charge on any atom is -0.459 e. The van der Waals surface area contributed by atoms with Gasteiger partial charge in [0.25, 0.3) is 0 Å². The molecule has 10 atom stereocenters. The highest BCUT2D eigenvalue weighted by molar-refractivity contribution is 5.91. The fraction of sp³-hybridized carbons (Fsp3) is 0.286. The van der Waals surface area contributed by atoms with Crippen LogP contribution in [0.2, 0.25) is 0 Å². The van der Waals surface area contributed by atoms with Gasteiger partial charge in [0.2, 0.25) is 0 Å². The molecule has 14 heteroatoms. The van der Waals surface area contributed by atoms with E-state index >= 15 is 0 Å². The van der Waals surface area contributed by atoms with E-state index in [9.17, 15) is 29.1 Å². The molecule has 5 aromatic rings. The van der Waals surface area contributed by atoms with Crippen LogP contribution in [0.1, 0.15) is 65.6 Å². The maximum absolute atomic E-state index is 13.8. The summed E-state index contributed by atoms with van der Waals surface area (Å²) in [4.78, 5) is 67.7. The molecule has 0 aromatic heterocycles. The number of benzene rings is 5. The van der Waals surface area contributed by atoms with Crippen LogP contribution in [-0.4, -0.2) is 97.4 Å². The van der Waals surface area contributed by atoms with E-state index < -0.39 is 104 Å². The predicted molar refractivity (Wildman–Crippen MR) is 223 cm³/mol. The Morgan fingerprint density at radius 2 is 0.746 bits per heavy atom. The summed E-state index contributed by atoms with van der Waals surface area (Å²) in [5.74, 6) is -5.54. The number of aliphatic hydroxyl groups is 1. The molecule has 14 nitrogen and oxygen atoms in total. The molecule has 0 aliphatic carbocycles. The van der Waals surface area contributed by atoms with Crippen LogP contribution in [0.4, 0.5) is 0 Å². The molecular weight excluding hydrogens is 813 g/mol. The summed E-state index contributed by atoms with van der Waals surface area (Å²) >= 11 is 0. The molecule has 2 aliphatic heterocycles. The lowest BCUT2D eigenvalue weighted by Crippen LogP contribution is -2.63. The minimum atomic E-state index is -1.50. The van der Waals surface area contributed by atoms with Crippen molar-refractivity contribution < 1.29 is 67.0 Å². The third-order valence-corrected chi connectivity index (χ3v) is 10.7. The van der Waals surface area contributed by atoms with E-state index in [1.807, 2.05) is 0 Å². The number of rotatable bonds is 14. The minimum absolute atomic E-state index is 0.194. The lowest BCUT2D eigenvalue weighted by Gasteiger charge is -2.48. The Morgan fingerprint density at radius 1 is 0.429 bits per heavy atom. The van der Waals surface area contributed by atoms with Crippen molar-refractivity contribution >= 4 is 29.8 Å². The Labute approximate surface area is 363 Å². The second-order valence-electron chi connectivity index (χ2n) is 15.1. The zero-order valence-corrected chi connectivity index (χ0v) is 34.4. The Kier molecular flexibility index (Phi) is 14.7. The van der Waals surface area contributed by atoms with Crippen molar-refractivity contribution in [1.29, 1.82) is 0 Å². The Morgan fingerprint density at radius 3 is 1.13 bits per heavy atom. The molecule has 0 radical (unpaired) electrons. The highest BCUT2D eigenvalue weighted by atomic mass is 16.7. The summed E-state index contributed by atoms with van der Waals surface area (Å²) in [6.07, 6.45) is -10.7. The molecule has 326 valence electrons. The predicted octanol–water partition coefficient (Wildman–Crippen LogP) is 6.48. The SMILES string of the molecule is CC1C(O)OC(COC(=O)c2ccccc2)C(OC2OC(COC(=O)c3ccccc3)C(OC(=O)c3ccccc3)C(OC(=O)c3ccccc3)C2C)C1OC(=O)c1ccccc1. The first kappa shape index (κ1) is 44.3. The van der Waals surface area contributed by atoms with Gasteiger partial charge in [0.15, 0.2) is 18.7 Å². The van der Waals surface area contributed by atoms with Gasteiger partial charge in [-0.15, -0.1) is 0 Å². The van der Waals surface area contributed by atoms with Crippen molar-refractivity contribution in [1.82, 2.24) is 0 Å². The van der Waals surface area contributed by atoms with Crippen molar-refractivity contribution in [2.24, 2.45) is 11.8 Å². The average molecular weight is 859 g/mol. The van der Waals surface area contributed by atoms with Gasteiger partial charge < -0.3 is 43.0 Å². The first-order valence-corrected chi connectivity index (χ1v) is 20.4. The lowest BCUT2D eigenvalue weighted by atomic mass is 9.89. The zero-order chi connectivity index (χ0) is 44.3. The standard InChI is InChI=1S/C49H46O14/c1-30-39(60-46(53)34-22-12-5-13-23-34)42(37(58-43(30)50)28-56-44(51)32-18-8-3-9-19-32)63-49-31(2)40(61-47(54)35-24-14-6-15-25-35)41(62-48(55)36-26-16-7-17-27-36)38(59-49)29-57-45(52)33-20-10-4-11-21-33/h3-27,30-31,37-43,49-50H,28-29H2,1-2H3. The Bertz CT molecular complexity index is 2290. The number of esters is 5. The largest absolute Gasteiger partial charge is 0.459 e. The summed E-state index contributed by atoms with van der Waals surface area (Å²) in [5, 5.41) is 11.2. The molecule has 2 fully saturated rings. The van der Waals surface area contributed by atoms with Crippen LogP contribution in [-0.2, 0) is 37.9 Å². The first-order chi connectivity index (χ1) is 30.6. The highest BCUT2D eigenvalue weighted by Crippen LogP contribution is 2.37. The quantitative estimate of drug-likeness (QED) is 0.0948. The second kappa shape index (κ2) is 20.9. The molecular formula is C49H46O14. The number of carbonyl (C=O) groups is 5. The molecule has 2 heterocycles. The van der Waals surface area contributed by atoms with Crippen LogP contribution in [0.25, 0.3) is 0 Å². The molecule has 7 rings (SSSR count). The van der Waals surface area contributed by atoms with E-state index in [0.717, 1.165) is 0 Å². The third-order valence-electron chi connectivity index (χ3n) is 10.7. The Hall–Kier alpha value is -6.71. The summed E-state index contributed by atoms with van der Waals surface area (Å²) in [6, 6.07) is 41.0. The number of carbonyl (C=O) groups excluding carboxylic acids is 5. The summed E-state index contributed by atoms with van der Waals surface area (Å²) in [6.45, 7) is 2.26. The molecule has 0 saturated carbocycles. The van der Waals surface area contributed by atoms with Gasteiger partial charge in [-0.05, 0) is 60.7 Å². The van der Waals surface area contributed by atoms with Crippen LogP contribution in [0, 0.1) is 11.8 Å². The van der Waals surface area contributed by atoms with E-state index in [2.05, 4.69) is 0 Å². The maximum atomic E-state index is 13.8. The molecule has 2 aliphatic rings. The molecule has 1 N–H and O–H groups in total. The summed E-state index contributed by atoms with van der Waals surface area (Å²) in [7, 11) is 0. The molecule has 63 heavy (non-hydrogen) atoms. The first-order valence-electron chi connectivity index (χ1n) is 20.4. The normalized spacial score (nSPS) is 25.4. The van der Waals surface area contributed by atoms with E-state index in [-0.39, 0.29) is 27.8 Å². The molecule has 0 spiro atoms. The van der Waals surface area contributed by atoms with Crippen molar-refractivity contribution in [3.05, 3.63) is 179 Å². The van der Waals surface area contributed by atoms with Gasteiger partial charge in [0.05, 0.1) is 27.8 Å². The average Bonchev–Trinajstić information content (AvgIpc) is 3.33. The fourth-order valence-corrected chi connectivity index (χ4v) is 7.26. The van der Waals surface area contributed by atoms with Crippen LogP contribution in [0.5, 0.6) is 0 Å². The van der Waals surface area contributed by atoms with E-state index in [1.165, 1.54) is 0 Å². The molecule has 0 bridgehead atoms. The van der Waals surface area contributed by atoms with Gasteiger partial charge in [-0.2, -0.15) is 0 Å². The van der Waals surface area contributed by atoms with Crippen molar-refractivity contribution in [3.8, 4) is 0 Å². The highest BCUT2D eigenvalue weighted by Gasteiger charge is 2.54. The summed E-state index contributed by atoms with van der Waals surface area (Å²) < 4.78 is 49.1. The van der Waals surface area contributed by atoms with Gasteiger partial charge in [-0.25, -0.2) is 24.0 Å². The number of hydrogen-bond donors (Lipinski definition) is 1. The van der Waals surface area contributed by atoms with Gasteiger partial charge in [0, 0.05) is 11.8 Å². The molecule has 0 amide bonds. The molecule has 5 aromatic carbocycles. The van der Waals surface area contributed by atoms with E-state index in [4.69, 9.17) is 37.9 Å². The topological polar surface area (TPSA) is 179 Å². The summed E-state index contributed by atoms with van der Waals surface area (Å²) in [5.41, 5.74) is 1.10. The van der Waals surface area contributed by atoms with Crippen molar-refractivity contribution in [3.63, 3.8) is 0 Å². The number of ether oxygens (including phenoxy) is 8. The van der Waals surface area contributed by atoms with Crippen LogP contribution < -0.4 is 0 Å². The fourth-order valence-electron chi connectivity index (χ4n) is 7.26. The molecule has 2 saturated heterocycles. The lowest BCUT2D eigenvalue weighted by molar-refractivity contribution is -0.338. The number of aliphatic hydroxyl groups excluding tert-OH is 1. The third kappa shape index (κ3) is 11.0.